The molecule has 0 radical (unpaired) electrons. The minimum Gasteiger partial charge on any atom is -0.324 e. The molecule has 0 amide bonds. The maximum atomic E-state index is 12.9. The van der Waals surface area contributed by atoms with Crippen LogP contribution in [0.5, 0.6) is 0 Å². The molecule has 8 nitrogen and oxygen atoms in total. The van der Waals surface area contributed by atoms with Crippen molar-refractivity contribution in [2.24, 2.45) is 0 Å². The topological polar surface area (TPSA) is 101 Å². The van der Waals surface area contributed by atoms with Crippen LogP contribution < -0.4 is 10.6 Å². The minimum atomic E-state index is -4.53. The average molecular weight is 735 g/mol. The van der Waals surface area contributed by atoms with Gasteiger partial charge in [-0.2, -0.15) is 26.3 Å². The van der Waals surface area contributed by atoms with E-state index in [0.29, 0.717) is 11.4 Å². The third-order valence-corrected chi connectivity index (χ3v) is 9.30. The van der Waals surface area contributed by atoms with Crippen molar-refractivity contribution in [3.63, 3.8) is 0 Å². The van der Waals surface area contributed by atoms with Gasteiger partial charge in [-0.15, -0.1) is 22.7 Å². The van der Waals surface area contributed by atoms with Crippen LogP contribution in [0.4, 0.5) is 49.6 Å². The highest BCUT2D eigenvalue weighted by molar-refractivity contribution is 7.15. The summed E-state index contributed by atoms with van der Waals surface area (Å²) in [5.41, 5.74) is 1.90. The molecule has 2 aromatic carbocycles. The fourth-order valence-corrected chi connectivity index (χ4v) is 6.09. The number of anilines is 4. The Bertz CT molecular complexity index is 2060. The van der Waals surface area contributed by atoms with E-state index >= 15 is 0 Å². The number of aryl methyl sites for hydroxylation is 4. The number of thiazole rings is 2. The molecule has 0 fully saturated rings. The van der Waals surface area contributed by atoms with E-state index in [1.807, 2.05) is 27.7 Å². The second-order valence-electron chi connectivity index (χ2n) is 10.4. The van der Waals surface area contributed by atoms with Gasteiger partial charge in [-0.3, -0.25) is 0 Å². The highest BCUT2D eigenvalue weighted by atomic mass is 35.5. The summed E-state index contributed by atoms with van der Waals surface area (Å²) in [4.78, 5) is 27.8. The molecule has 0 saturated carbocycles. The molecule has 0 aliphatic rings. The lowest BCUT2D eigenvalue weighted by atomic mass is 10.2. The zero-order chi connectivity index (χ0) is 35.5. The molecule has 0 atom stereocenters. The monoisotopic (exact) mass is 734 g/mol. The van der Waals surface area contributed by atoms with E-state index in [0.717, 1.165) is 49.4 Å². The largest absolute Gasteiger partial charge is 0.417 e. The third kappa shape index (κ3) is 9.07. The Morgan fingerprint density at radius 1 is 0.612 bits per heavy atom. The Kier molecular flexibility index (Phi) is 10.5. The van der Waals surface area contributed by atoms with Crippen LogP contribution in [0.3, 0.4) is 0 Å². The fraction of sp³-hybridized carbons (Fsp3) is 0.188. The van der Waals surface area contributed by atoms with Gasteiger partial charge in [0.25, 0.3) is 0 Å². The molecule has 0 unspecified atom stereocenters. The van der Waals surface area contributed by atoms with Crippen LogP contribution in [0.15, 0.2) is 67.0 Å². The number of rotatable bonds is 6. The molecule has 0 bridgehead atoms. The Labute approximate surface area is 289 Å². The van der Waals surface area contributed by atoms with Crippen LogP contribution >= 0.6 is 34.3 Å². The fourth-order valence-electron chi connectivity index (χ4n) is 4.09. The number of aromatic nitrogens is 6. The molecule has 17 heteroatoms. The Balaban J connectivity index is 0.000000191. The SMILES string of the molecule is Cc1nc(-c2ccnc(Nc3ccc(Cl)c(C(F)(F)F)c3)n2)sc1C.Cc1nc(-c2ccnc(Nc3cccc(C(F)(F)F)c3)n2)sc1C. The van der Waals surface area contributed by atoms with Crippen molar-refractivity contribution in [1.82, 2.24) is 29.9 Å². The van der Waals surface area contributed by atoms with Gasteiger partial charge in [-0.1, -0.05) is 17.7 Å². The van der Waals surface area contributed by atoms with Crippen LogP contribution in [0.2, 0.25) is 5.02 Å². The summed E-state index contributed by atoms with van der Waals surface area (Å²) in [6.45, 7) is 7.75. The van der Waals surface area contributed by atoms with Gasteiger partial charge < -0.3 is 10.6 Å². The maximum absolute atomic E-state index is 12.9. The lowest BCUT2D eigenvalue weighted by Gasteiger charge is -2.11. The normalized spacial score (nSPS) is 11.6. The van der Waals surface area contributed by atoms with Gasteiger partial charge in [-0.25, -0.2) is 29.9 Å². The van der Waals surface area contributed by atoms with Crippen LogP contribution in [0.25, 0.3) is 21.4 Å². The standard InChI is InChI=1S/C16H12ClF3N4S.C16H13F3N4S/c1-8-9(2)25-14(22-8)13-5-6-21-15(24-13)23-10-3-4-12(17)11(7-10)16(18,19)20;1-9-10(2)24-14(21-9)13-6-7-20-15(23-13)22-12-5-3-4-11(8-12)16(17,18)19/h3-7H,1-2H3,(H,21,23,24);3-8H,1-2H3,(H,20,22,23). The first-order valence-corrected chi connectivity index (χ1v) is 16.2. The van der Waals surface area contributed by atoms with Crippen molar-refractivity contribution >= 4 is 57.5 Å². The van der Waals surface area contributed by atoms with Gasteiger partial charge in [0.1, 0.15) is 21.4 Å². The van der Waals surface area contributed by atoms with Gasteiger partial charge >= 0.3 is 12.4 Å². The molecule has 49 heavy (non-hydrogen) atoms. The van der Waals surface area contributed by atoms with Gasteiger partial charge in [-0.05, 0) is 76.2 Å². The van der Waals surface area contributed by atoms with Gasteiger partial charge in [0.2, 0.25) is 11.9 Å². The van der Waals surface area contributed by atoms with E-state index in [9.17, 15) is 26.3 Å². The molecule has 2 N–H and O–H groups in total. The summed E-state index contributed by atoms with van der Waals surface area (Å²) in [7, 11) is 0. The Hall–Kier alpha value is -4.67. The first-order chi connectivity index (χ1) is 23.1. The molecule has 6 rings (SSSR count). The second-order valence-corrected chi connectivity index (χ2v) is 13.2. The predicted octanol–water partition coefficient (Wildman–Crippen LogP) is 10.6. The molecular weight excluding hydrogens is 710 g/mol. The van der Waals surface area contributed by atoms with Crippen molar-refractivity contribution in [3.8, 4) is 21.4 Å². The van der Waals surface area contributed by atoms with Crippen LogP contribution in [-0.4, -0.2) is 29.9 Å². The van der Waals surface area contributed by atoms with E-state index in [1.165, 1.54) is 53.1 Å². The Morgan fingerprint density at radius 3 is 1.57 bits per heavy atom. The lowest BCUT2D eigenvalue weighted by molar-refractivity contribution is -0.138. The number of nitrogens with one attached hydrogen (secondary N) is 2. The van der Waals surface area contributed by atoms with Crippen molar-refractivity contribution < 1.29 is 26.3 Å². The van der Waals surface area contributed by atoms with Crippen LogP contribution in [0.1, 0.15) is 32.3 Å². The lowest BCUT2D eigenvalue weighted by Crippen LogP contribution is -2.07. The summed E-state index contributed by atoms with van der Waals surface area (Å²) in [5.74, 6) is 0.399. The number of hydrogen-bond acceptors (Lipinski definition) is 10. The molecule has 0 aliphatic carbocycles. The minimum absolute atomic E-state index is 0.179. The molecule has 0 saturated heterocycles. The highest BCUT2D eigenvalue weighted by Gasteiger charge is 2.33. The first kappa shape index (κ1) is 35.6. The van der Waals surface area contributed by atoms with Crippen LogP contribution in [-0.2, 0) is 12.4 Å². The van der Waals surface area contributed by atoms with E-state index in [-0.39, 0.29) is 28.3 Å². The van der Waals surface area contributed by atoms with E-state index in [1.54, 1.807) is 18.3 Å². The second kappa shape index (κ2) is 14.4. The van der Waals surface area contributed by atoms with Crippen molar-refractivity contribution in [2.75, 3.05) is 10.6 Å². The van der Waals surface area contributed by atoms with Crippen molar-refractivity contribution in [2.45, 2.75) is 40.0 Å². The average Bonchev–Trinajstić information content (AvgIpc) is 3.57. The molecule has 0 aliphatic heterocycles. The van der Waals surface area contributed by atoms with Gasteiger partial charge in [0, 0.05) is 33.5 Å². The van der Waals surface area contributed by atoms with E-state index in [2.05, 4.69) is 40.5 Å². The highest BCUT2D eigenvalue weighted by Crippen LogP contribution is 2.37. The molecule has 4 aromatic heterocycles. The summed E-state index contributed by atoms with van der Waals surface area (Å²) in [6.07, 6.45) is -5.86. The Morgan fingerprint density at radius 2 is 1.12 bits per heavy atom. The summed E-state index contributed by atoms with van der Waals surface area (Å²) in [6, 6.07) is 11.9. The molecular formula is C32H25ClF6N8S2. The van der Waals surface area contributed by atoms with Crippen LogP contribution in [0, 0.1) is 27.7 Å². The first-order valence-electron chi connectivity index (χ1n) is 14.2. The number of halogens is 7. The number of alkyl halides is 6. The molecule has 4 heterocycles. The smallest absolute Gasteiger partial charge is 0.324 e. The zero-order valence-corrected chi connectivity index (χ0v) is 28.4. The van der Waals surface area contributed by atoms with Gasteiger partial charge in [0.05, 0.1) is 27.5 Å². The molecule has 254 valence electrons. The van der Waals surface area contributed by atoms with Crippen molar-refractivity contribution in [1.29, 1.82) is 0 Å². The summed E-state index contributed by atoms with van der Waals surface area (Å²) < 4.78 is 77.1. The number of nitrogens with zero attached hydrogens (tertiary/aromatic N) is 6. The van der Waals surface area contributed by atoms with Crippen molar-refractivity contribution in [3.05, 3.63) is 104 Å². The number of benzene rings is 2. The van der Waals surface area contributed by atoms with E-state index < -0.39 is 23.5 Å². The van der Waals surface area contributed by atoms with Gasteiger partial charge in [0.15, 0.2) is 0 Å². The zero-order valence-electron chi connectivity index (χ0n) is 26.0. The molecule has 0 spiro atoms. The summed E-state index contributed by atoms with van der Waals surface area (Å²) >= 11 is 8.63. The maximum Gasteiger partial charge on any atom is 0.417 e. The quantitative estimate of drug-likeness (QED) is 0.163. The van der Waals surface area contributed by atoms with E-state index in [4.69, 9.17) is 11.6 Å². The number of hydrogen-bond donors (Lipinski definition) is 2. The summed E-state index contributed by atoms with van der Waals surface area (Å²) in [5, 5.41) is 6.69. The predicted molar refractivity (Wildman–Crippen MR) is 180 cm³/mol. The molecule has 6 aromatic rings. The third-order valence-electron chi connectivity index (χ3n) is 6.78.